The number of hydrogen-bond donors (Lipinski definition) is 1. The van der Waals surface area contributed by atoms with Gasteiger partial charge in [-0.05, 0) is 19.9 Å². The molecule has 0 radical (unpaired) electrons. The lowest BCUT2D eigenvalue weighted by Gasteiger charge is -2.20. The van der Waals surface area contributed by atoms with Crippen molar-refractivity contribution in [3.05, 3.63) is 12.2 Å². The molecule has 0 aromatic carbocycles. The van der Waals surface area contributed by atoms with Gasteiger partial charge in [0.1, 0.15) is 0 Å². The van der Waals surface area contributed by atoms with Gasteiger partial charge in [0.25, 0.3) is 0 Å². The summed E-state index contributed by atoms with van der Waals surface area (Å²) in [6, 6.07) is 0. The molecule has 2 N–H and O–H groups in total. The first-order valence-electron chi connectivity index (χ1n) is 3.56. The van der Waals surface area contributed by atoms with Crippen molar-refractivity contribution < 1.29 is 17.7 Å². The Labute approximate surface area is 78.3 Å². The number of rotatable bonds is 3. The molecule has 0 heterocycles. The minimum Gasteiger partial charge on any atom is -0.598 e. The van der Waals surface area contributed by atoms with Gasteiger partial charge in [0, 0.05) is 11.4 Å². The van der Waals surface area contributed by atoms with E-state index in [1.807, 2.05) is 0 Å². The topological polar surface area (TPSA) is 49.1 Å². The summed E-state index contributed by atoms with van der Waals surface area (Å²) in [5.41, 5.74) is 0. The zero-order chi connectivity index (χ0) is 10.7. The maximum Gasteiger partial charge on any atom is 0.392 e. The van der Waals surface area contributed by atoms with Crippen molar-refractivity contribution in [1.29, 1.82) is 0 Å². The van der Waals surface area contributed by atoms with Crippen LogP contribution in [-0.4, -0.2) is 15.5 Å². The van der Waals surface area contributed by atoms with Gasteiger partial charge in [0.15, 0.2) is 4.75 Å². The number of halogens is 3. The summed E-state index contributed by atoms with van der Waals surface area (Å²) in [6.07, 6.45) is -3.09. The van der Waals surface area contributed by atoms with Gasteiger partial charge >= 0.3 is 6.18 Å². The molecule has 0 saturated carbocycles. The fourth-order valence-electron chi connectivity index (χ4n) is 0.543. The van der Waals surface area contributed by atoms with Crippen LogP contribution in [0.1, 0.15) is 20.3 Å². The van der Waals surface area contributed by atoms with E-state index >= 15 is 0 Å². The van der Waals surface area contributed by atoms with E-state index in [9.17, 15) is 17.7 Å². The predicted molar refractivity (Wildman–Crippen MR) is 46.2 cm³/mol. The average Bonchev–Trinajstić information content (AvgIpc) is 1.82. The molecule has 0 aromatic heterocycles. The van der Waals surface area contributed by atoms with Crippen LogP contribution in [-0.2, 0) is 11.4 Å². The first-order valence-corrected chi connectivity index (χ1v) is 4.77. The first-order chi connectivity index (χ1) is 5.65. The highest BCUT2D eigenvalue weighted by Gasteiger charge is 2.28. The van der Waals surface area contributed by atoms with E-state index in [4.69, 9.17) is 5.14 Å². The van der Waals surface area contributed by atoms with Crippen LogP contribution in [0.2, 0.25) is 0 Å². The number of hydrogen-bond acceptors (Lipinski definition) is 2. The highest BCUT2D eigenvalue weighted by molar-refractivity contribution is 7.90. The van der Waals surface area contributed by atoms with E-state index < -0.39 is 28.7 Å². The Kier molecular flexibility index (Phi) is 4.28. The molecule has 0 amide bonds. The summed E-state index contributed by atoms with van der Waals surface area (Å²) >= 11 is -1.66. The van der Waals surface area contributed by atoms with E-state index in [2.05, 4.69) is 0 Å². The second kappa shape index (κ2) is 4.34. The summed E-state index contributed by atoms with van der Waals surface area (Å²) in [7, 11) is 0. The fourth-order valence-corrected chi connectivity index (χ4v) is 0.774. The van der Waals surface area contributed by atoms with Crippen molar-refractivity contribution in [2.75, 3.05) is 0 Å². The zero-order valence-corrected chi connectivity index (χ0v) is 8.21. The van der Waals surface area contributed by atoms with Crippen molar-refractivity contribution in [2.45, 2.75) is 31.2 Å². The van der Waals surface area contributed by atoms with E-state index in [0.717, 1.165) is 6.08 Å². The Morgan fingerprint density at radius 3 is 2.15 bits per heavy atom. The molecule has 0 aliphatic carbocycles. The summed E-state index contributed by atoms with van der Waals surface area (Å²) in [5.74, 6) is 0. The van der Waals surface area contributed by atoms with Crippen LogP contribution >= 0.6 is 0 Å². The van der Waals surface area contributed by atoms with Gasteiger partial charge in [-0.15, -0.1) is 0 Å². The fraction of sp³-hybridized carbons (Fsp3) is 0.714. The monoisotopic (exact) mass is 215 g/mol. The second-order valence-electron chi connectivity index (χ2n) is 3.12. The van der Waals surface area contributed by atoms with Crippen LogP contribution in [0.25, 0.3) is 0 Å². The lowest BCUT2D eigenvalue weighted by Crippen LogP contribution is -2.35. The summed E-state index contributed by atoms with van der Waals surface area (Å²) < 4.78 is 44.9. The van der Waals surface area contributed by atoms with E-state index in [-0.39, 0.29) is 0 Å². The van der Waals surface area contributed by atoms with E-state index in [1.165, 1.54) is 19.9 Å². The zero-order valence-electron chi connectivity index (χ0n) is 7.39. The maximum absolute atomic E-state index is 11.7. The predicted octanol–water partition coefficient (Wildman–Crippen LogP) is 1.90. The third-order valence-corrected chi connectivity index (χ3v) is 2.56. The minimum absolute atomic E-state index is 0.911. The van der Waals surface area contributed by atoms with Crippen molar-refractivity contribution in [3.63, 3.8) is 0 Å². The molecule has 0 aromatic rings. The van der Waals surface area contributed by atoms with Crippen LogP contribution in [0.4, 0.5) is 13.2 Å². The van der Waals surface area contributed by atoms with Gasteiger partial charge in [-0.2, -0.15) is 18.3 Å². The first kappa shape index (κ1) is 12.8. The Morgan fingerprint density at radius 2 is 1.85 bits per heavy atom. The summed E-state index contributed by atoms with van der Waals surface area (Å²) in [4.78, 5) is 0. The molecule has 0 bridgehead atoms. The van der Waals surface area contributed by atoms with Gasteiger partial charge < -0.3 is 4.55 Å². The van der Waals surface area contributed by atoms with Crippen molar-refractivity contribution in [2.24, 2.45) is 5.14 Å². The highest BCUT2D eigenvalue weighted by atomic mass is 32.2. The molecular weight excluding hydrogens is 203 g/mol. The summed E-state index contributed by atoms with van der Waals surface area (Å²) in [6.45, 7) is 3.02. The number of nitrogens with two attached hydrogens (primary N) is 1. The van der Waals surface area contributed by atoms with Crippen molar-refractivity contribution in [1.82, 2.24) is 0 Å². The highest BCUT2D eigenvalue weighted by Crippen LogP contribution is 2.22. The molecule has 1 atom stereocenters. The molecule has 0 aliphatic rings. The molecule has 0 unspecified atom stereocenters. The lowest BCUT2D eigenvalue weighted by atomic mass is 10.2. The van der Waals surface area contributed by atoms with Gasteiger partial charge in [0.2, 0.25) is 0 Å². The normalized spacial score (nSPS) is 16.5. The Balaban J connectivity index is 4.12. The molecular formula is C7H12F3NOS. The molecule has 0 aliphatic heterocycles. The summed E-state index contributed by atoms with van der Waals surface area (Å²) in [5, 5.41) is 5.06. The largest absolute Gasteiger partial charge is 0.598 e. The standard InChI is InChI=1S/C7H12F3NOS/c1-6(2,13(11)12)4-3-5-7(8,9)10/h3-4H,5,11H2,1-2H3/t13-/m0/s1. The van der Waals surface area contributed by atoms with Crippen molar-refractivity contribution >= 4 is 11.4 Å². The third-order valence-electron chi connectivity index (χ3n) is 1.39. The van der Waals surface area contributed by atoms with Crippen LogP contribution in [0, 0.1) is 0 Å². The molecule has 13 heavy (non-hydrogen) atoms. The van der Waals surface area contributed by atoms with Crippen LogP contribution in [0.15, 0.2) is 12.2 Å². The smallest absolute Gasteiger partial charge is 0.392 e. The van der Waals surface area contributed by atoms with Gasteiger partial charge in [-0.1, -0.05) is 6.08 Å². The van der Waals surface area contributed by atoms with Crippen molar-refractivity contribution in [3.8, 4) is 0 Å². The number of alkyl halides is 3. The third kappa shape index (κ3) is 5.95. The average molecular weight is 215 g/mol. The number of allylic oxidation sites excluding steroid dienone is 1. The molecule has 0 fully saturated rings. The lowest BCUT2D eigenvalue weighted by molar-refractivity contribution is -0.125. The molecule has 0 rings (SSSR count). The Morgan fingerprint density at radius 1 is 1.38 bits per heavy atom. The van der Waals surface area contributed by atoms with Crippen LogP contribution < -0.4 is 5.14 Å². The Hall–Kier alpha value is -0.200. The van der Waals surface area contributed by atoms with Gasteiger partial charge in [0.05, 0.1) is 6.42 Å². The van der Waals surface area contributed by atoms with Crippen LogP contribution in [0.3, 0.4) is 0 Å². The molecule has 0 spiro atoms. The van der Waals surface area contributed by atoms with Gasteiger partial charge in [-0.3, -0.25) is 0 Å². The SMILES string of the molecule is CC(C)(C=CCC(F)(F)F)[S@@+](N)[O-]. The minimum atomic E-state index is -4.22. The molecule has 2 nitrogen and oxygen atoms in total. The molecule has 0 saturated heterocycles. The van der Waals surface area contributed by atoms with E-state index in [1.54, 1.807) is 0 Å². The second-order valence-corrected chi connectivity index (χ2v) is 4.77. The quantitative estimate of drug-likeness (QED) is 0.577. The molecule has 6 heteroatoms. The van der Waals surface area contributed by atoms with Crippen LogP contribution in [0.5, 0.6) is 0 Å². The van der Waals surface area contributed by atoms with Gasteiger partial charge in [-0.25, -0.2) is 0 Å². The maximum atomic E-state index is 11.7. The Bertz CT molecular complexity index is 189. The molecule has 78 valence electrons. The van der Waals surface area contributed by atoms with E-state index in [0.29, 0.717) is 0 Å².